The molecular weight excluding hydrogens is 253 g/mol. The van der Waals surface area contributed by atoms with Crippen molar-refractivity contribution in [3.05, 3.63) is 22.0 Å². The molecule has 9 heteroatoms. The highest BCUT2D eigenvalue weighted by atomic mass is 19.4. The molecule has 0 aromatic carbocycles. The number of hydrogen-bond acceptors (Lipinski definition) is 3. The minimum absolute atomic E-state index is 0.437. The van der Waals surface area contributed by atoms with Gasteiger partial charge in [0, 0.05) is 6.07 Å². The minimum atomic E-state index is -5.13. The fourth-order valence-corrected chi connectivity index (χ4v) is 1.04. The van der Waals surface area contributed by atoms with Crippen LogP contribution in [0.15, 0.2) is 10.9 Å². The average molecular weight is 259 g/mol. The van der Waals surface area contributed by atoms with Crippen LogP contribution in [0.4, 0.5) is 22.0 Å². The normalized spacial score (nSPS) is 11.7. The molecule has 0 atom stereocenters. The van der Waals surface area contributed by atoms with Gasteiger partial charge < -0.3 is 14.5 Å². The van der Waals surface area contributed by atoms with Crippen LogP contribution in [0.5, 0.6) is 11.6 Å². The highest BCUT2D eigenvalue weighted by Crippen LogP contribution is 2.29. The summed E-state index contributed by atoms with van der Waals surface area (Å²) in [5.74, 6) is -2.03. The highest BCUT2D eigenvalue weighted by Gasteiger charge is 2.34. The number of aromatic nitrogens is 1. The van der Waals surface area contributed by atoms with Gasteiger partial charge in [-0.25, -0.2) is 8.78 Å². The summed E-state index contributed by atoms with van der Waals surface area (Å²) in [7, 11) is 0.913. The van der Waals surface area contributed by atoms with Gasteiger partial charge in [-0.05, 0) is 0 Å². The van der Waals surface area contributed by atoms with Gasteiger partial charge in [-0.1, -0.05) is 0 Å². The molecule has 0 amide bonds. The first-order valence-corrected chi connectivity index (χ1v) is 4.09. The van der Waals surface area contributed by atoms with Gasteiger partial charge in [-0.15, -0.1) is 13.2 Å². The first kappa shape index (κ1) is 13.3. The Morgan fingerprint density at radius 2 is 1.94 bits per heavy atom. The molecule has 17 heavy (non-hydrogen) atoms. The first-order chi connectivity index (χ1) is 7.74. The van der Waals surface area contributed by atoms with Crippen molar-refractivity contribution in [1.82, 2.24) is 4.98 Å². The zero-order chi connectivity index (χ0) is 13.2. The molecule has 0 saturated carbocycles. The maximum Gasteiger partial charge on any atom is 0.574 e. The predicted molar refractivity (Wildman–Crippen MR) is 45.3 cm³/mol. The topological polar surface area (TPSA) is 51.3 Å². The van der Waals surface area contributed by atoms with Crippen molar-refractivity contribution in [3.8, 4) is 11.6 Å². The lowest BCUT2D eigenvalue weighted by atomic mass is 10.3. The fourth-order valence-electron chi connectivity index (χ4n) is 1.04. The second kappa shape index (κ2) is 4.60. The van der Waals surface area contributed by atoms with Crippen LogP contribution in [0, 0.1) is 0 Å². The van der Waals surface area contributed by atoms with Crippen molar-refractivity contribution in [2.75, 3.05) is 7.11 Å². The van der Waals surface area contributed by atoms with Crippen LogP contribution in [-0.4, -0.2) is 18.5 Å². The van der Waals surface area contributed by atoms with Gasteiger partial charge in [0.05, 0.1) is 12.8 Å². The zero-order valence-corrected chi connectivity index (χ0v) is 8.27. The fraction of sp³-hybridized carbons (Fsp3) is 0.375. The van der Waals surface area contributed by atoms with E-state index < -0.39 is 35.5 Å². The summed E-state index contributed by atoms with van der Waals surface area (Å²) in [6.07, 6.45) is -8.26. The largest absolute Gasteiger partial charge is 0.574 e. The quantitative estimate of drug-likeness (QED) is 0.847. The molecule has 1 rings (SSSR count). The number of hydrogen-bond donors (Lipinski definition) is 1. The predicted octanol–water partition coefficient (Wildman–Crippen LogP) is 2.22. The van der Waals surface area contributed by atoms with E-state index in [1.54, 1.807) is 4.98 Å². The molecule has 0 fully saturated rings. The second-order valence-electron chi connectivity index (χ2n) is 2.80. The van der Waals surface area contributed by atoms with Gasteiger partial charge in [0.2, 0.25) is 17.1 Å². The Morgan fingerprint density at radius 3 is 2.35 bits per heavy atom. The third kappa shape index (κ3) is 3.33. The van der Waals surface area contributed by atoms with Gasteiger partial charge in [0.15, 0.2) is 0 Å². The van der Waals surface area contributed by atoms with Gasteiger partial charge in [0.1, 0.15) is 0 Å². The third-order valence-corrected chi connectivity index (χ3v) is 1.63. The zero-order valence-electron chi connectivity index (χ0n) is 8.27. The average Bonchev–Trinajstić information content (AvgIpc) is 2.14. The van der Waals surface area contributed by atoms with E-state index in [2.05, 4.69) is 9.47 Å². The standard InChI is InChI=1S/C8H6F5NO3/c1-16-5-4(15)2-3(6(9)10)14-7(5)17-8(11,12)13/h2,6H,1H3,(H,14,15). The summed E-state index contributed by atoms with van der Waals surface area (Å²) in [6, 6.07) is 0.437. The Hall–Kier alpha value is -1.80. The Bertz CT molecular complexity index is 453. The van der Waals surface area contributed by atoms with E-state index in [0.717, 1.165) is 7.11 Å². The van der Waals surface area contributed by atoms with Crippen LogP contribution < -0.4 is 14.9 Å². The molecule has 0 bridgehead atoms. The molecule has 96 valence electrons. The summed E-state index contributed by atoms with van der Waals surface area (Å²) in [4.78, 5) is 12.8. The number of pyridine rings is 1. The van der Waals surface area contributed by atoms with Gasteiger partial charge in [-0.3, -0.25) is 4.79 Å². The monoisotopic (exact) mass is 259 g/mol. The molecule has 1 N–H and O–H groups in total. The molecule has 4 nitrogen and oxygen atoms in total. The van der Waals surface area contributed by atoms with Crippen LogP contribution in [0.2, 0.25) is 0 Å². The molecule has 0 aliphatic carbocycles. The van der Waals surface area contributed by atoms with Crippen molar-refractivity contribution in [2.24, 2.45) is 0 Å². The number of nitrogens with one attached hydrogen (secondary N) is 1. The number of methoxy groups -OCH3 is 1. The Balaban J connectivity index is 3.29. The SMILES string of the molecule is COc1c(OC(F)(F)F)[nH]c(C(F)F)cc1=O. The molecule has 0 radical (unpaired) electrons. The number of ether oxygens (including phenoxy) is 2. The summed E-state index contributed by atoms with van der Waals surface area (Å²) < 4.78 is 68.0. The summed E-state index contributed by atoms with van der Waals surface area (Å²) in [5, 5.41) is 0. The maximum absolute atomic E-state index is 12.2. The van der Waals surface area contributed by atoms with Crippen LogP contribution >= 0.6 is 0 Å². The minimum Gasteiger partial charge on any atom is -0.488 e. The lowest BCUT2D eigenvalue weighted by Crippen LogP contribution is -2.21. The van der Waals surface area contributed by atoms with Gasteiger partial charge in [0.25, 0.3) is 6.43 Å². The number of alkyl halides is 5. The third-order valence-electron chi connectivity index (χ3n) is 1.63. The van der Waals surface area contributed by atoms with Crippen molar-refractivity contribution in [3.63, 3.8) is 0 Å². The van der Waals surface area contributed by atoms with Crippen molar-refractivity contribution >= 4 is 0 Å². The Labute approximate surface area is 91.0 Å². The molecule has 0 saturated heterocycles. The molecule has 0 aliphatic heterocycles. The van der Waals surface area contributed by atoms with E-state index in [-0.39, 0.29) is 0 Å². The molecule has 1 heterocycles. The molecule has 0 spiro atoms. The molecule has 0 unspecified atom stereocenters. The molecule has 1 aromatic heterocycles. The summed E-state index contributed by atoms with van der Waals surface area (Å²) in [6.45, 7) is 0. The summed E-state index contributed by atoms with van der Waals surface area (Å²) >= 11 is 0. The Morgan fingerprint density at radius 1 is 1.35 bits per heavy atom. The smallest absolute Gasteiger partial charge is 0.488 e. The van der Waals surface area contributed by atoms with E-state index in [1.165, 1.54) is 0 Å². The number of aromatic amines is 1. The van der Waals surface area contributed by atoms with E-state index in [1.807, 2.05) is 0 Å². The van der Waals surface area contributed by atoms with Crippen LogP contribution in [0.25, 0.3) is 0 Å². The maximum atomic E-state index is 12.2. The number of halogens is 5. The lowest BCUT2D eigenvalue weighted by Gasteiger charge is -2.12. The van der Waals surface area contributed by atoms with Gasteiger partial charge in [-0.2, -0.15) is 0 Å². The van der Waals surface area contributed by atoms with Crippen molar-refractivity contribution in [1.29, 1.82) is 0 Å². The highest BCUT2D eigenvalue weighted by molar-refractivity contribution is 5.35. The molecule has 0 aliphatic rings. The second-order valence-corrected chi connectivity index (χ2v) is 2.80. The first-order valence-electron chi connectivity index (χ1n) is 4.09. The van der Waals surface area contributed by atoms with Crippen molar-refractivity contribution in [2.45, 2.75) is 12.8 Å². The van der Waals surface area contributed by atoms with Crippen LogP contribution in [-0.2, 0) is 0 Å². The van der Waals surface area contributed by atoms with E-state index >= 15 is 0 Å². The van der Waals surface area contributed by atoms with E-state index in [9.17, 15) is 26.7 Å². The van der Waals surface area contributed by atoms with Crippen LogP contribution in [0.3, 0.4) is 0 Å². The van der Waals surface area contributed by atoms with Gasteiger partial charge >= 0.3 is 6.36 Å². The molecule has 1 aromatic rings. The molecular formula is C8H6F5NO3. The van der Waals surface area contributed by atoms with Crippen LogP contribution in [0.1, 0.15) is 12.1 Å². The van der Waals surface area contributed by atoms with Crippen molar-refractivity contribution < 1.29 is 31.4 Å². The lowest BCUT2D eigenvalue weighted by molar-refractivity contribution is -0.276. The van der Waals surface area contributed by atoms with E-state index in [4.69, 9.17) is 0 Å². The number of H-pyrrole nitrogens is 1. The Kier molecular flexibility index (Phi) is 3.59. The number of rotatable bonds is 3. The van der Waals surface area contributed by atoms with E-state index in [0.29, 0.717) is 6.07 Å². The summed E-state index contributed by atoms with van der Waals surface area (Å²) in [5.41, 5.74) is -2.13.